The first-order valence-electron chi connectivity index (χ1n) is 18.3. The van der Waals surface area contributed by atoms with E-state index in [-0.39, 0.29) is 48.5 Å². The Balaban J connectivity index is 1.50. The van der Waals surface area contributed by atoms with Crippen molar-refractivity contribution in [3.8, 4) is 5.75 Å². The van der Waals surface area contributed by atoms with Gasteiger partial charge in [-0.25, -0.2) is 4.98 Å². The van der Waals surface area contributed by atoms with Crippen LogP contribution in [0.4, 0.5) is 5.69 Å². The van der Waals surface area contributed by atoms with Gasteiger partial charge >= 0.3 is 0 Å². The average Bonchev–Trinajstić information content (AvgIpc) is 3.10. The lowest BCUT2D eigenvalue weighted by molar-refractivity contribution is -0.135. The van der Waals surface area contributed by atoms with Crippen LogP contribution in [0.25, 0.3) is 0 Å². The number of amides is 4. The number of benzene rings is 2. The van der Waals surface area contributed by atoms with Gasteiger partial charge in [-0.3, -0.25) is 24.0 Å². The van der Waals surface area contributed by atoms with Crippen molar-refractivity contribution in [1.29, 1.82) is 0 Å². The van der Waals surface area contributed by atoms with Gasteiger partial charge < -0.3 is 30.5 Å². The molecular weight excluding hydrogens is 684 g/mol. The summed E-state index contributed by atoms with van der Waals surface area (Å²) in [5.74, 6) is -0.251. The Morgan fingerprint density at radius 1 is 0.833 bits per heavy atom. The zero-order valence-electron chi connectivity index (χ0n) is 33.4. The quantitative estimate of drug-likeness (QED) is 0.136. The van der Waals surface area contributed by atoms with Gasteiger partial charge in [0.25, 0.3) is 5.91 Å². The van der Waals surface area contributed by atoms with Crippen molar-refractivity contribution < 1.29 is 28.7 Å². The molecule has 1 atom stereocenters. The number of aromatic nitrogens is 1. The maximum absolute atomic E-state index is 13.7. The number of aldehydes is 1. The molecule has 3 rings (SSSR count). The number of anilines is 1. The Kier molecular flexibility index (Phi) is 15.5. The van der Waals surface area contributed by atoms with E-state index in [1.54, 1.807) is 49.0 Å². The third-order valence-corrected chi connectivity index (χ3v) is 8.98. The first-order chi connectivity index (χ1) is 25.3. The summed E-state index contributed by atoms with van der Waals surface area (Å²) in [6.45, 7) is 13.4. The zero-order valence-corrected chi connectivity index (χ0v) is 33.4. The number of ether oxygens (including phenoxy) is 1. The number of carbonyl (C=O) groups is 5. The third kappa shape index (κ3) is 14.0. The zero-order chi connectivity index (χ0) is 40.1. The molecule has 0 aliphatic heterocycles. The molecule has 0 aliphatic carbocycles. The number of nitrogens with zero attached hydrogens (tertiary/aromatic N) is 3. The summed E-state index contributed by atoms with van der Waals surface area (Å²) in [6, 6.07) is 18.0. The summed E-state index contributed by atoms with van der Waals surface area (Å²) in [7, 11) is 5.31. The molecular formula is C42H58N6O6. The van der Waals surface area contributed by atoms with Gasteiger partial charge in [0.05, 0.1) is 12.7 Å². The number of rotatable bonds is 19. The van der Waals surface area contributed by atoms with Crippen LogP contribution in [-0.4, -0.2) is 91.1 Å². The summed E-state index contributed by atoms with van der Waals surface area (Å²) >= 11 is 0. The second-order valence-electron chi connectivity index (χ2n) is 16.2. The van der Waals surface area contributed by atoms with Gasteiger partial charge in [-0.2, -0.15) is 0 Å². The number of hydrogen-bond donors (Lipinski definition) is 3. The van der Waals surface area contributed by atoms with Crippen molar-refractivity contribution >= 4 is 35.6 Å². The number of nitrogens with one attached hydrogen (secondary N) is 3. The van der Waals surface area contributed by atoms with Crippen molar-refractivity contribution in [2.75, 3.05) is 46.2 Å². The molecule has 54 heavy (non-hydrogen) atoms. The fourth-order valence-electron chi connectivity index (χ4n) is 6.16. The van der Waals surface area contributed by atoms with Crippen LogP contribution in [0.1, 0.15) is 92.8 Å². The van der Waals surface area contributed by atoms with Crippen LogP contribution in [0.3, 0.4) is 0 Å². The molecule has 0 spiro atoms. The highest BCUT2D eigenvalue weighted by Gasteiger charge is 2.39. The van der Waals surface area contributed by atoms with E-state index in [9.17, 15) is 24.0 Å². The lowest BCUT2D eigenvalue weighted by Crippen LogP contribution is -2.56. The van der Waals surface area contributed by atoms with E-state index in [2.05, 4.69) is 20.9 Å². The minimum atomic E-state index is -1.18. The molecule has 0 saturated heterocycles. The van der Waals surface area contributed by atoms with Gasteiger partial charge in [0.1, 0.15) is 23.6 Å². The first kappa shape index (κ1) is 43.3. The summed E-state index contributed by atoms with van der Waals surface area (Å²) in [6.07, 6.45) is 3.57. The maximum Gasteiger partial charge on any atom is 0.252 e. The van der Waals surface area contributed by atoms with Gasteiger partial charge in [-0.1, -0.05) is 58.9 Å². The van der Waals surface area contributed by atoms with Gasteiger partial charge in [-0.15, -0.1) is 0 Å². The molecule has 0 bridgehead atoms. The molecule has 292 valence electrons. The van der Waals surface area contributed by atoms with E-state index in [0.717, 1.165) is 11.1 Å². The topological polar surface area (TPSA) is 150 Å². The Labute approximate surface area is 320 Å². The number of pyridine rings is 1. The first-order valence-corrected chi connectivity index (χ1v) is 18.3. The molecule has 12 heteroatoms. The van der Waals surface area contributed by atoms with Crippen molar-refractivity contribution in [3.63, 3.8) is 0 Å². The largest absolute Gasteiger partial charge is 0.490 e. The summed E-state index contributed by atoms with van der Waals surface area (Å²) in [5.41, 5.74) is 1.40. The fraction of sp³-hybridized carbons (Fsp3) is 0.476. The van der Waals surface area contributed by atoms with E-state index in [1.165, 1.54) is 6.20 Å². The maximum atomic E-state index is 13.7. The van der Waals surface area contributed by atoms with E-state index < -0.39 is 11.0 Å². The van der Waals surface area contributed by atoms with Crippen LogP contribution in [0.15, 0.2) is 66.9 Å². The lowest BCUT2D eigenvalue weighted by atomic mass is 9.80. The fourth-order valence-corrected chi connectivity index (χ4v) is 6.16. The molecule has 3 aromatic rings. The molecule has 1 aromatic heterocycles. The van der Waals surface area contributed by atoms with Crippen LogP contribution in [-0.2, 0) is 27.3 Å². The van der Waals surface area contributed by atoms with Crippen molar-refractivity contribution in [2.24, 2.45) is 10.8 Å². The predicted molar refractivity (Wildman–Crippen MR) is 211 cm³/mol. The number of carbonyl (C=O) groups excluding carboxylic acids is 5. The predicted octanol–water partition coefficient (Wildman–Crippen LogP) is 5.52. The molecule has 0 aliphatic rings. The van der Waals surface area contributed by atoms with E-state index in [1.807, 2.05) is 84.1 Å². The van der Waals surface area contributed by atoms with Gasteiger partial charge in [-0.05, 0) is 85.2 Å². The normalized spacial score (nSPS) is 12.6. The number of hydrogen-bond acceptors (Lipinski definition) is 8. The smallest absolute Gasteiger partial charge is 0.252 e. The Hall–Kier alpha value is -5.10. The van der Waals surface area contributed by atoms with Crippen LogP contribution in [0, 0.1) is 10.8 Å². The van der Waals surface area contributed by atoms with Gasteiger partial charge in [0.15, 0.2) is 6.29 Å². The molecule has 2 aromatic carbocycles. The van der Waals surface area contributed by atoms with Crippen LogP contribution < -0.4 is 20.7 Å². The molecule has 0 radical (unpaired) electrons. The Morgan fingerprint density at radius 3 is 2.06 bits per heavy atom. The highest BCUT2D eigenvalue weighted by molar-refractivity contribution is 6.03. The SMILES string of the molecule is CNCc1cccc(C(=O)N[C@](C)(CC(C)(C)C)C(=O)Nc2ccc(CCN(C)C(=O)CC(C)(C)CC(=O)N(C)CCOc3ccc(C=O)nc3)cc2)c1. The van der Waals surface area contributed by atoms with Crippen molar-refractivity contribution in [2.45, 2.75) is 79.3 Å². The highest BCUT2D eigenvalue weighted by Crippen LogP contribution is 2.30. The van der Waals surface area contributed by atoms with Crippen LogP contribution >= 0.6 is 0 Å². The minimum Gasteiger partial charge on any atom is -0.490 e. The highest BCUT2D eigenvalue weighted by atomic mass is 16.5. The van der Waals surface area contributed by atoms with Crippen LogP contribution in [0.2, 0.25) is 0 Å². The minimum absolute atomic E-state index is 0.0529. The standard InChI is InChI=1S/C42H58N6O6/c1-40(2,3)29-42(6,46-38(52)32-12-10-11-31(23-32)26-43-7)39(53)45-33-15-13-30(14-16-33)19-20-47(8)36(50)24-41(4,5)25-37(51)48(9)21-22-54-35-18-17-34(28-49)44-27-35/h10-18,23,27-28,43H,19-22,24-26,29H2,1-9H3,(H,45,53)(H,46,52)/t42-/m1/s1. The summed E-state index contributed by atoms with van der Waals surface area (Å²) in [5, 5.41) is 9.10. The lowest BCUT2D eigenvalue weighted by Gasteiger charge is -2.35. The third-order valence-electron chi connectivity index (χ3n) is 8.98. The summed E-state index contributed by atoms with van der Waals surface area (Å²) < 4.78 is 5.64. The molecule has 0 fully saturated rings. The molecule has 3 N–H and O–H groups in total. The molecule has 0 saturated carbocycles. The van der Waals surface area contributed by atoms with Gasteiger partial charge in [0.2, 0.25) is 17.7 Å². The van der Waals surface area contributed by atoms with Crippen molar-refractivity contribution in [1.82, 2.24) is 25.4 Å². The van der Waals surface area contributed by atoms with Crippen LogP contribution in [0.5, 0.6) is 5.75 Å². The molecule has 12 nitrogen and oxygen atoms in total. The molecule has 1 heterocycles. The number of likely N-dealkylation sites (N-methyl/N-ethyl adjacent to an activating group) is 2. The average molecular weight is 743 g/mol. The monoisotopic (exact) mass is 742 g/mol. The second-order valence-corrected chi connectivity index (χ2v) is 16.2. The summed E-state index contributed by atoms with van der Waals surface area (Å²) in [4.78, 5) is 71.2. The van der Waals surface area contributed by atoms with Crippen molar-refractivity contribution in [3.05, 3.63) is 89.2 Å². The van der Waals surface area contributed by atoms with E-state index >= 15 is 0 Å². The molecule has 0 unspecified atom stereocenters. The van der Waals surface area contributed by atoms with Gasteiger partial charge in [0, 0.05) is 51.3 Å². The second kappa shape index (κ2) is 19.3. The Bertz CT molecular complexity index is 1740. The van der Waals surface area contributed by atoms with E-state index in [4.69, 9.17) is 4.74 Å². The Morgan fingerprint density at radius 2 is 1.48 bits per heavy atom. The van der Waals surface area contributed by atoms with E-state index in [0.29, 0.717) is 61.5 Å². The molecule has 4 amide bonds.